The van der Waals surface area contributed by atoms with E-state index in [2.05, 4.69) is 34.7 Å². The molecule has 3 aromatic rings. The summed E-state index contributed by atoms with van der Waals surface area (Å²) in [5.74, 6) is 0. The van der Waals surface area contributed by atoms with Crippen molar-refractivity contribution in [1.82, 2.24) is 10.3 Å². The number of rotatable bonds is 4. The minimum Gasteiger partial charge on any atom is -0.321 e. The Bertz CT molecular complexity index is 819. The van der Waals surface area contributed by atoms with Crippen LogP contribution in [0.15, 0.2) is 40.5 Å². The topological polar surface area (TPSA) is 44.9 Å². The van der Waals surface area contributed by atoms with Crippen LogP contribution in [-0.2, 0) is 13.1 Å². The maximum atomic E-state index is 12.2. The van der Waals surface area contributed by atoms with Gasteiger partial charge < -0.3 is 10.3 Å². The van der Waals surface area contributed by atoms with Gasteiger partial charge in [0.05, 0.1) is 5.52 Å². The van der Waals surface area contributed by atoms with Crippen LogP contribution in [0.2, 0.25) is 0 Å². The summed E-state index contributed by atoms with van der Waals surface area (Å²) >= 11 is 1.72. The summed E-state index contributed by atoms with van der Waals surface area (Å²) in [7, 11) is 0. The molecule has 3 rings (SSSR count). The number of nitrogens with one attached hydrogen (secondary N) is 2. The van der Waals surface area contributed by atoms with Crippen LogP contribution in [0.1, 0.15) is 21.6 Å². The fourth-order valence-corrected chi connectivity index (χ4v) is 3.16. The van der Waals surface area contributed by atoms with Gasteiger partial charge in [-0.05, 0) is 42.5 Å². The minimum absolute atomic E-state index is 0.00474. The van der Waals surface area contributed by atoms with E-state index in [1.165, 1.54) is 10.4 Å². The van der Waals surface area contributed by atoms with Crippen molar-refractivity contribution in [2.75, 3.05) is 0 Å². The van der Waals surface area contributed by atoms with E-state index in [1.54, 1.807) is 11.3 Å². The van der Waals surface area contributed by atoms with Crippen molar-refractivity contribution < 1.29 is 0 Å². The van der Waals surface area contributed by atoms with Gasteiger partial charge in [0.25, 0.3) is 5.56 Å². The SMILES string of the molecule is Cc1ccc(C)c2[nH]c(=O)c(CNCc3cccs3)cc12. The zero-order valence-electron chi connectivity index (χ0n) is 12.2. The maximum Gasteiger partial charge on any atom is 0.252 e. The molecule has 2 N–H and O–H groups in total. The van der Waals surface area contributed by atoms with E-state index in [0.717, 1.165) is 28.6 Å². The second kappa shape index (κ2) is 5.84. The second-order valence-corrected chi connectivity index (χ2v) is 6.33. The highest BCUT2D eigenvalue weighted by Gasteiger charge is 2.06. The molecule has 0 aliphatic rings. The lowest BCUT2D eigenvalue weighted by atomic mass is 10.0. The van der Waals surface area contributed by atoms with E-state index >= 15 is 0 Å². The number of thiophene rings is 1. The quantitative estimate of drug-likeness (QED) is 0.774. The van der Waals surface area contributed by atoms with Gasteiger partial charge in [-0.25, -0.2) is 0 Å². The molecule has 0 bridgehead atoms. The van der Waals surface area contributed by atoms with Gasteiger partial charge in [0.1, 0.15) is 0 Å². The molecule has 21 heavy (non-hydrogen) atoms. The molecule has 0 atom stereocenters. The van der Waals surface area contributed by atoms with Crippen LogP contribution in [0.3, 0.4) is 0 Å². The highest BCUT2D eigenvalue weighted by molar-refractivity contribution is 7.09. The number of aryl methyl sites for hydroxylation is 2. The number of aromatic amines is 1. The lowest BCUT2D eigenvalue weighted by Crippen LogP contribution is -2.20. The molecular weight excluding hydrogens is 280 g/mol. The summed E-state index contributed by atoms with van der Waals surface area (Å²) in [6.45, 7) is 5.47. The van der Waals surface area contributed by atoms with E-state index in [4.69, 9.17) is 0 Å². The number of H-pyrrole nitrogens is 1. The maximum absolute atomic E-state index is 12.2. The normalized spacial score (nSPS) is 11.1. The van der Waals surface area contributed by atoms with Crippen LogP contribution in [0.25, 0.3) is 10.9 Å². The van der Waals surface area contributed by atoms with Crippen LogP contribution < -0.4 is 10.9 Å². The molecule has 0 fully saturated rings. The van der Waals surface area contributed by atoms with Crippen LogP contribution in [-0.4, -0.2) is 4.98 Å². The van der Waals surface area contributed by atoms with Crippen LogP contribution >= 0.6 is 11.3 Å². The van der Waals surface area contributed by atoms with Gasteiger partial charge in [0.2, 0.25) is 0 Å². The van der Waals surface area contributed by atoms with Crippen molar-refractivity contribution in [2.24, 2.45) is 0 Å². The van der Waals surface area contributed by atoms with Crippen molar-refractivity contribution in [3.63, 3.8) is 0 Å². The number of hydrogen-bond donors (Lipinski definition) is 2. The first-order valence-electron chi connectivity index (χ1n) is 7.00. The lowest BCUT2D eigenvalue weighted by molar-refractivity contribution is 0.696. The van der Waals surface area contributed by atoms with E-state index in [1.807, 2.05) is 25.1 Å². The summed E-state index contributed by atoms with van der Waals surface area (Å²) in [5.41, 5.74) is 4.02. The number of fused-ring (bicyclic) bond motifs is 1. The molecule has 0 saturated carbocycles. The molecule has 0 radical (unpaired) electrons. The Labute approximate surface area is 127 Å². The van der Waals surface area contributed by atoms with Gasteiger partial charge in [-0.2, -0.15) is 0 Å². The summed E-state index contributed by atoms with van der Waals surface area (Å²) < 4.78 is 0. The number of hydrogen-bond acceptors (Lipinski definition) is 3. The Morgan fingerprint density at radius 2 is 1.95 bits per heavy atom. The number of benzene rings is 1. The molecule has 4 heteroatoms. The Hall–Kier alpha value is -1.91. The Morgan fingerprint density at radius 1 is 1.14 bits per heavy atom. The molecular formula is C17H18N2OS. The average molecular weight is 298 g/mol. The number of aromatic nitrogens is 1. The molecule has 0 saturated heterocycles. The van der Waals surface area contributed by atoms with Crippen LogP contribution in [0, 0.1) is 13.8 Å². The van der Waals surface area contributed by atoms with E-state index < -0.39 is 0 Å². The van der Waals surface area contributed by atoms with Gasteiger partial charge in [-0.1, -0.05) is 18.2 Å². The fourth-order valence-electron chi connectivity index (χ4n) is 2.48. The zero-order chi connectivity index (χ0) is 14.8. The first-order chi connectivity index (χ1) is 10.1. The molecule has 2 heterocycles. The molecule has 0 amide bonds. The Balaban J connectivity index is 1.87. The third-order valence-corrected chi connectivity index (χ3v) is 4.59. The monoisotopic (exact) mass is 298 g/mol. The standard InChI is InChI=1S/C17H18N2OS/c1-11-5-6-12(2)16-15(11)8-13(17(20)19-16)9-18-10-14-4-3-7-21-14/h3-8,18H,9-10H2,1-2H3,(H,19,20). The summed E-state index contributed by atoms with van der Waals surface area (Å²) in [6.07, 6.45) is 0. The van der Waals surface area contributed by atoms with Gasteiger partial charge >= 0.3 is 0 Å². The Kier molecular flexibility index (Phi) is 3.90. The van der Waals surface area contributed by atoms with Gasteiger partial charge in [0.15, 0.2) is 0 Å². The predicted molar refractivity (Wildman–Crippen MR) is 88.9 cm³/mol. The third kappa shape index (κ3) is 2.91. The summed E-state index contributed by atoms with van der Waals surface area (Å²) in [6, 6.07) is 10.3. The van der Waals surface area contributed by atoms with Crippen molar-refractivity contribution in [2.45, 2.75) is 26.9 Å². The van der Waals surface area contributed by atoms with E-state index in [0.29, 0.717) is 6.54 Å². The molecule has 2 aromatic heterocycles. The first kappa shape index (κ1) is 14.0. The van der Waals surface area contributed by atoms with E-state index in [9.17, 15) is 4.79 Å². The van der Waals surface area contributed by atoms with Crippen molar-refractivity contribution >= 4 is 22.2 Å². The molecule has 1 aromatic carbocycles. The predicted octanol–water partition coefficient (Wildman–Crippen LogP) is 3.50. The van der Waals surface area contributed by atoms with Crippen molar-refractivity contribution in [1.29, 1.82) is 0 Å². The molecule has 108 valence electrons. The number of pyridine rings is 1. The second-order valence-electron chi connectivity index (χ2n) is 5.29. The summed E-state index contributed by atoms with van der Waals surface area (Å²) in [5, 5.41) is 6.52. The lowest BCUT2D eigenvalue weighted by Gasteiger charge is -2.08. The van der Waals surface area contributed by atoms with Gasteiger partial charge in [-0.15, -0.1) is 11.3 Å². The molecule has 0 spiro atoms. The summed E-state index contributed by atoms with van der Waals surface area (Å²) in [4.78, 5) is 16.5. The van der Waals surface area contributed by atoms with Gasteiger partial charge in [0, 0.05) is 28.9 Å². The average Bonchev–Trinajstić information content (AvgIpc) is 2.97. The minimum atomic E-state index is -0.00474. The van der Waals surface area contributed by atoms with Crippen molar-refractivity contribution in [3.8, 4) is 0 Å². The van der Waals surface area contributed by atoms with Crippen LogP contribution in [0.4, 0.5) is 0 Å². The first-order valence-corrected chi connectivity index (χ1v) is 7.88. The zero-order valence-corrected chi connectivity index (χ0v) is 13.0. The largest absolute Gasteiger partial charge is 0.321 e. The Morgan fingerprint density at radius 3 is 2.71 bits per heavy atom. The van der Waals surface area contributed by atoms with Crippen LogP contribution in [0.5, 0.6) is 0 Å². The highest BCUT2D eigenvalue weighted by Crippen LogP contribution is 2.19. The smallest absolute Gasteiger partial charge is 0.252 e. The van der Waals surface area contributed by atoms with Gasteiger partial charge in [-0.3, -0.25) is 4.79 Å². The molecule has 0 aliphatic carbocycles. The molecule has 3 nitrogen and oxygen atoms in total. The van der Waals surface area contributed by atoms with E-state index in [-0.39, 0.29) is 5.56 Å². The highest BCUT2D eigenvalue weighted by atomic mass is 32.1. The fraction of sp³-hybridized carbons (Fsp3) is 0.235. The molecule has 0 unspecified atom stereocenters. The van der Waals surface area contributed by atoms with Crippen molar-refractivity contribution in [3.05, 3.63) is 67.6 Å². The molecule has 0 aliphatic heterocycles. The third-order valence-electron chi connectivity index (χ3n) is 3.72.